The summed E-state index contributed by atoms with van der Waals surface area (Å²) in [7, 11) is 2.18. The van der Waals surface area contributed by atoms with E-state index < -0.39 is 0 Å². The predicted octanol–water partition coefficient (Wildman–Crippen LogP) is 4.84. The Labute approximate surface area is 168 Å². The largest absolute Gasteiger partial charge is 0.398 e. The Kier molecular flexibility index (Phi) is 5.38. The van der Waals surface area contributed by atoms with Gasteiger partial charge in [0, 0.05) is 43.0 Å². The Bertz CT molecular complexity index is 853. The highest BCUT2D eigenvalue weighted by Gasteiger charge is 2.27. The number of rotatable bonds is 6. The third-order valence-electron chi connectivity index (χ3n) is 6.79. The number of nitrogens with zero attached hydrogens (tertiary/aromatic N) is 3. The van der Waals surface area contributed by atoms with Gasteiger partial charge in [0.1, 0.15) is 0 Å². The molecule has 2 fully saturated rings. The standard InChI is InChI=1S/C24H32N4/c1-16-12-20(28(3)15-22(16)19-8-5-9-19)13-26-14-21-23(25)10-11-27-24(21)17(2)18-6-4-7-18/h10-12,14,18-19H,2,4-9,13,15H2,1,3H3,(H2,25,27). The summed E-state index contributed by atoms with van der Waals surface area (Å²) in [5.41, 5.74) is 14.2. The molecule has 1 aromatic rings. The summed E-state index contributed by atoms with van der Waals surface area (Å²) >= 11 is 0. The highest BCUT2D eigenvalue weighted by atomic mass is 15.1. The zero-order chi connectivity index (χ0) is 19.7. The van der Waals surface area contributed by atoms with Crippen LogP contribution in [-0.4, -0.2) is 36.2 Å². The van der Waals surface area contributed by atoms with E-state index in [1.54, 1.807) is 11.8 Å². The molecule has 0 bridgehead atoms. The average molecular weight is 377 g/mol. The van der Waals surface area contributed by atoms with Crippen LogP contribution in [0.5, 0.6) is 0 Å². The molecule has 2 saturated carbocycles. The Morgan fingerprint density at radius 3 is 2.71 bits per heavy atom. The van der Waals surface area contributed by atoms with Gasteiger partial charge < -0.3 is 10.6 Å². The van der Waals surface area contributed by atoms with Crippen LogP contribution in [0, 0.1) is 11.8 Å². The van der Waals surface area contributed by atoms with Crippen molar-refractivity contribution in [2.24, 2.45) is 16.8 Å². The topological polar surface area (TPSA) is 54.5 Å². The van der Waals surface area contributed by atoms with Gasteiger partial charge in [-0.05, 0) is 73.3 Å². The summed E-state index contributed by atoms with van der Waals surface area (Å²) in [6.07, 6.45) is 13.8. The van der Waals surface area contributed by atoms with Crippen molar-refractivity contribution in [1.29, 1.82) is 0 Å². The number of aromatic nitrogens is 1. The lowest BCUT2D eigenvalue weighted by Gasteiger charge is -2.36. The zero-order valence-corrected chi connectivity index (χ0v) is 17.2. The van der Waals surface area contributed by atoms with E-state index in [9.17, 15) is 0 Å². The van der Waals surface area contributed by atoms with Crippen molar-refractivity contribution in [3.8, 4) is 0 Å². The van der Waals surface area contributed by atoms with Gasteiger partial charge in [-0.25, -0.2) is 0 Å². The number of likely N-dealkylation sites (N-methyl/N-ethyl adjacent to an activating group) is 1. The summed E-state index contributed by atoms with van der Waals surface area (Å²) in [4.78, 5) is 11.7. The van der Waals surface area contributed by atoms with E-state index in [2.05, 4.69) is 36.5 Å². The van der Waals surface area contributed by atoms with E-state index in [1.165, 1.54) is 49.8 Å². The SMILES string of the molecule is C=C(c1nccc(N)c1C=NCC1=CC(C)=C(C2CCC2)CN1C)C1CCC1. The Balaban J connectivity index is 1.51. The fourth-order valence-electron chi connectivity index (χ4n) is 4.37. The summed E-state index contributed by atoms with van der Waals surface area (Å²) in [6.45, 7) is 8.26. The highest BCUT2D eigenvalue weighted by molar-refractivity contribution is 5.93. The average Bonchev–Trinajstić information content (AvgIpc) is 2.57. The maximum Gasteiger partial charge on any atom is 0.0788 e. The lowest BCUT2D eigenvalue weighted by Crippen LogP contribution is -2.30. The molecule has 0 atom stereocenters. The second-order valence-electron chi connectivity index (χ2n) is 8.61. The van der Waals surface area contributed by atoms with Gasteiger partial charge in [0.25, 0.3) is 0 Å². The number of hydrogen-bond donors (Lipinski definition) is 1. The Morgan fingerprint density at radius 2 is 2.07 bits per heavy atom. The van der Waals surface area contributed by atoms with Crippen LogP contribution in [0.3, 0.4) is 0 Å². The van der Waals surface area contributed by atoms with Crippen molar-refractivity contribution in [2.75, 3.05) is 25.9 Å². The third-order valence-corrected chi connectivity index (χ3v) is 6.79. The van der Waals surface area contributed by atoms with Crippen LogP contribution in [0.2, 0.25) is 0 Å². The molecule has 4 heteroatoms. The quantitative estimate of drug-likeness (QED) is 0.723. The predicted molar refractivity (Wildman–Crippen MR) is 118 cm³/mol. The van der Waals surface area contributed by atoms with Crippen LogP contribution in [0.25, 0.3) is 5.57 Å². The summed E-state index contributed by atoms with van der Waals surface area (Å²) in [5.74, 6) is 1.35. The van der Waals surface area contributed by atoms with Crippen LogP contribution in [-0.2, 0) is 0 Å². The zero-order valence-electron chi connectivity index (χ0n) is 17.2. The normalized spacial score (nSPS) is 20.9. The minimum atomic E-state index is 0.548. The Morgan fingerprint density at radius 1 is 1.32 bits per heavy atom. The molecule has 0 radical (unpaired) electrons. The molecular weight excluding hydrogens is 344 g/mol. The van der Waals surface area contributed by atoms with Gasteiger partial charge in [-0.1, -0.05) is 19.4 Å². The molecule has 0 aromatic carbocycles. The minimum Gasteiger partial charge on any atom is -0.398 e. The summed E-state index contributed by atoms with van der Waals surface area (Å²) in [6, 6.07) is 1.85. The molecule has 0 spiro atoms. The molecule has 2 aliphatic carbocycles. The summed E-state index contributed by atoms with van der Waals surface area (Å²) in [5, 5.41) is 0. The van der Waals surface area contributed by atoms with E-state index in [0.29, 0.717) is 12.5 Å². The number of aliphatic imine (C=N–C) groups is 1. The van der Waals surface area contributed by atoms with Crippen LogP contribution in [0.1, 0.15) is 56.7 Å². The Hall–Kier alpha value is -2.36. The maximum atomic E-state index is 6.26. The molecule has 2 heterocycles. The molecule has 3 aliphatic rings. The fraction of sp³-hybridized carbons (Fsp3) is 0.500. The van der Waals surface area contributed by atoms with E-state index >= 15 is 0 Å². The van der Waals surface area contributed by atoms with Gasteiger partial charge in [0.05, 0.1) is 12.2 Å². The van der Waals surface area contributed by atoms with E-state index in [-0.39, 0.29) is 0 Å². The number of nitrogens with two attached hydrogens (primary N) is 1. The molecular formula is C24H32N4. The number of hydrogen-bond acceptors (Lipinski definition) is 4. The van der Waals surface area contributed by atoms with Crippen molar-refractivity contribution >= 4 is 17.5 Å². The fourth-order valence-corrected chi connectivity index (χ4v) is 4.37. The number of allylic oxidation sites excluding steroid dienone is 3. The molecule has 28 heavy (non-hydrogen) atoms. The lowest BCUT2D eigenvalue weighted by atomic mass is 9.77. The van der Waals surface area contributed by atoms with Crippen molar-refractivity contribution in [3.63, 3.8) is 0 Å². The van der Waals surface area contributed by atoms with Gasteiger partial charge in [0.15, 0.2) is 0 Å². The van der Waals surface area contributed by atoms with Crippen LogP contribution >= 0.6 is 0 Å². The minimum absolute atomic E-state index is 0.548. The number of pyridine rings is 1. The second kappa shape index (κ2) is 7.94. The van der Waals surface area contributed by atoms with E-state index in [4.69, 9.17) is 10.7 Å². The van der Waals surface area contributed by atoms with Crippen LogP contribution in [0.15, 0.2) is 46.8 Å². The van der Waals surface area contributed by atoms with Gasteiger partial charge in [0.2, 0.25) is 0 Å². The molecule has 0 saturated heterocycles. The molecule has 1 aromatic heterocycles. The first kappa shape index (κ1) is 19.0. The van der Waals surface area contributed by atoms with E-state index in [0.717, 1.165) is 35.0 Å². The molecule has 148 valence electrons. The maximum absolute atomic E-state index is 6.26. The van der Waals surface area contributed by atoms with Crippen molar-refractivity contribution < 1.29 is 0 Å². The van der Waals surface area contributed by atoms with Gasteiger partial charge in [-0.15, -0.1) is 0 Å². The van der Waals surface area contributed by atoms with Crippen molar-refractivity contribution in [2.45, 2.75) is 45.4 Å². The molecule has 0 amide bonds. The van der Waals surface area contributed by atoms with Crippen molar-refractivity contribution in [1.82, 2.24) is 9.88 Å². The molecule has 1 aliphatic heterocycles. The lowest BCUT2D eigenvalue weighted by molar-refractivity contribution is 0.325. The smallest absolute Gasteiger partial charge is 0.0788 e. The van der Waals surface area contributed by atoms with Crippen molar-refractivity contribution in [3.05, 3.63) is 53.0 Å². The first-order valence-electron chi connectivity index (χ1n) is 10.6. The van der Waals surface area contributed by atoms with Gasteiger partial charge in [-0.2, -0.15) is 0 Å². The first-order chi connectivity index (χ1) is 13.5. The number of anilines is 1. The first-order valence-corrected chi connectivity index (χ1v) is 10.6. The molecule has 2 N–H and O–H groups in total. The molecule has 4 nitrogen and oxygen atoms in total. The van der Waals surface area contributed by atoms with E-state index in [1.807, 2.05) is 12.3 Å². The second-order valence-corrected chi connectivity index (χ2v) is 8.61. The molecule has 0 unspecified atom stereocenters. The monoisotopic (exact) mass is 376 g/mol. The third kappa shape index (κ3) is 3.65. The molecule has 4 rings (SSSR count). The number of nitrogen functional groups attached to an aromatic ring is 1. The summed E-state index contributed by atoms with van der Waals surface area (Å²) < 4.78 is 0. The van der Waals surface area contributed by atoms with Gasteiger partial charge >= 0.3 is 0 Å². The van der Waals surface area contributed by atoms with Crippen LogP contribution in [0.4, 0.5) is 5.69 Å². The van der Waals surface area contributed by atoms with Gasteiger partial charge in [-0.3, -0.25) is 9.98 Å². The van der Waals surface area contributed by atoms with Crippen LogP contribution < -0.4 is 5.73 Å². The highest BCUT2D eigenvalue weighted by Crippen LogP contribution is 2.39.